The van der Waals surface area contributed by atoms with E-state index in [1.165, 1.54) is 0 Å². The van der Waals surface area contributed by atoms with Crippen LogP contribution in [0.5, 0.6) is 0 Å². The first kappa shape index (κ1) is 17.7. The van der Waals surface area contributed by atoms with Crippen LogP contribution in [0.25, 0.3) is 0 Å². The number of carbonyl (C=O) groups excluding carboxylic acids is 3. The molecule has 134 valence electrons. The highest BCUT2D eigenvalue weighted by Crippen LogP contribution is 2.12. The van der Waals surface area contributed by atoms with Crippen LogP contribution in [0.15, 0.2) is 60.7 Å². The molecule has 26 heavy (non-hydrogen) atoms. The number of rotatable bonds is 7. The van der Waals surface area contributed by atoms with Crippen LogP contribution in [0, 0.1) is 0 Å². The Balaban J connectivity index is 1.49. The van der Waals surface area contributed by atoms with E-state index in [1.807, 2.05) is 60.7 Å². The predicted octanol–water partition coefficient (Wildman–Crippen LogP) is 1.86. The van der Waals surface area contributed by atoms with E-state index in [9.17, 15) is 14.4 Å². The number of aryl methyl sites for hydroxylation is 1. The summed E-state index contributed by atoms with van der Waals surface area (Å²) in [5, 5.41) is 5.39. The van der Waals surface area contributed by atoms with Crippen LogP contribution in [0.3, 0.4) is 0 Å². The van der Waals surface area contributed by atoms with E-state index >= 15 is 0 Å². The van der Waals surface area contributed by atoms with Crippen molar-refractivity contribution in [3.63, 3.8) is 0 Å². The van der Waals surface area contributed by atoms with Gasteiger partial charge in [-0.3, -0.25) is 14.5 Å². The number of amides is 4. The van der Waals surface area contributed by atoms with Crippen LogP contribution in [-0.2, 0) is 22.6 Å². The zero-order valence-corrected chi connectivity index (χ0v) is 14.4. The molecule has 1 atom stereocenters. The number of nitrogens with zero attached hydrogens (tertiary/aromatic N) is 1. The fourth-order valence-electron chi connectivity index (χ4n) is 2.87. The molecule has 1 aliphatic rings. The molecule has 1 heterocycles. The summed E-state index contributed by atoms with van der Waals surface area (Å²) in [6.45, 7) is 0.0973. The average Bonchev–Trinajstić information content (AvgIpc) is 2.94. The summed E-state index contributed by atoms with van der Waals surface area (Å²) in [6.07, 6.45) is 1.20. The molecule has 2 aromatic carbocycles. The zero-order valence-electron chi connectivity index (χ0n) is 14.4. The third-order valence-corrected chi connectivity index (χ3v) is 4.31. The van der Waals surface area contributed by atoms with Gasteiger partial charge in [0.05, 0.1) is 0 Å². The fraction of sp³-hybridized carbons (Fsp3) is 0.250. The first-order chi connectivity index (χ1) is 12.6. The lowest BCUT2D eigenvalue weighted by molar-refractivity contribution is -0.132. The van der Waals surface area contributed by atoms with E-state index in [0.29, 0.717) is 19.4 Å². The normalized spacial score (nSPS) is 16.5. The van der Waals surface area contributed by atoms with Crippen molar-refractivity contribution in [1.29, 1.82) is 0 Å². The van der Waals surface area contributed by atoms with Crippen molar-refractivity contribution in [3.05, 3.63) is 71.8 Å². The van der Waals surface area contributed by atoms with Crippen LogP contribution in [-0.4, -0.2) is 35.3 Å². The smallest absolute Gasteiger partial charge is 0.325 e. The number of nitrogens with one attached hydrogen (secondary N) is 2. The van der Waals surface area contributed by atoms with Gasteiger partial charge in [-0.25, -0.2) is 4.79 Å². The molecule has 0 spiro atoms. The maximum absolute atomic E-state index is 12.4. The number of urea groups is 1. The third kappa shape index (κ3) is 4.47. The zero-order chi connectivity index (χ0) is 18.4. The van der Waals surface area contributed by atoms with Crippen LogP contribution in [0.2, 0.25) is 0 Å². The topological polar surface area (TPSA) is 78.5 Å². The molecule has 0 aromatic heterocycles. The molecule has 6 nitrogen and oxygen atoms in total. The molecule has 1 saturated heterocycles. The second-order valence-electron chi connectivity index (χ2n) is 6.21. The SMILES string of the molecule is O=C(CN1C(=O)N[C@H](CCc2ccccc2)C1=O)NCc1ccccc1. The maximum atomic E-state index is 12.4. The van der Waals surface area contributed by atoms with E-state index in [-0.39, 0.29) is 18.4 Å². The van der Waals surface area contributed by atoms with Gasteiger partial charge in [0.2, 0.25) is 5.91 Å². The molecule has 3 rings (SSSR count). The molecule has 2 N–H and O–H groups in total. The van der Waals surface area contributed by atoms with Crippen molar-refractivity contribution >= 4 is 17.8 Å². The van der Waals surface area contributed by atoms with Gasteiger partial charge in [0.1, 0.15) is 12.6 Å². The average molecular weight is 351 g/mol. The predicted molar refractivity (Wildman–Crippen MR) is 97.1 cm³/mol. The Morgan fingerprint density at radius 2 is 1.58 bits per heavy atom. The highest BCUT2D eigenvalue weighted by molar-refractivity contribution is 6.06. The third-order valence-electron chi connectivity index (χ3n) is 4.31. The first-order valence-electron chi connectivity index (χ1n) is 8.60. The summed E-state index contributed by atoms with van der Waals surface area (Å²) < 4.78 is 0. The first-order valence-corrected chi connectivity index (χ1v) is 8.60. The Morgan fingerprint density at radius 3 is 2.23 bits per heavy atom. The molecule has 0 aliphatic carbocycles. The van der Waals surface area contributed by atoms with Crippen LogP contribution in [0.4, 0.5) is 4.79 Å². The summed E-state index contributed by atoms with van der Waals surface area (Å²) >= 11 is 0. The van der Waals surface area contributed by atoms with Gasteiger partial charge in [-0.05, 0) is 24.0 Å². The number of carbonyl (C=O) groups is 3. The molecular weight excluding hydrogens is 330 g/mol. The minimum atomic E-state index is -0.579. The van der Waals surface area contributed by atoms with Gasteiger partial charge in [-0.15, -0.1) is 0 Å². The molecule has 0 bridgehead atoms. The lowest BCUT2D eigenvalue weighted by atomic mass is 10.1. The highest BCUT2D eigenvalue weighted by Gasteiger charge is 2.38. The Morgan fingerprint density at radius 1 is 0.962 bits per heavy atom. The van der Waals surface area contributed by atoms with Crippen LogP contribution < -0.4 is 10.6 Å². The standard InChI is InChI=1S/C20H21N3O3/c24-18(21-13-16-9-5-2-6-10-16)14-23-19(25)17(22-20(23)26)12-11-15-7-3-1-4-8-15/h1-10,17H,11-14H2,(H,21,24)(H,22,26)/t17-/m1/s1. The van der Waals surface area contributed by atoms with Gasteiger partial charge < -0.3 is 10.6 Å². The quantitative estimate of drug-likeness (QED) is 0.748. The van der Waals surface area contributed by atoms with E-state index in [1.54, 1.807) is 0 Å². The fourth-order valence-corrected chi connectivity index (χ4v) is 2.87. The number of benzene rings is 2. The Hall–Kier alpha value is -3.15. The van der Waals surface area contributed by atoms with Crippen molar-refractivity contribution in [2.45, 2.75) is 25.4 Å². The van der Waals surface area contributed by atoms with Crippen LogP contribution in [0.1, 0.15) is 17.5 Å². The molecule has 0 unspecified atom stereocenters. The van der Waals surface area contributed by atoms with Gasteiger partial charge >= 0.3 is 6.03 Å². The highest BCUT2D eigenvalue weighted by atomic mass is 16.2. The molecule has 6 heteroatoms. The van der Waals surface area contributed by atoms with E-state index < -0.39 is 12.1 Å². The van der Waals surface area contributed by atoms with Gasteiger partial charge in [0.15, 0.2) is 0 Å². The molecule has 2 aromatic rings. The molecule has 0 saturated carbocycles. The van der Waals surface area contributed by atoms with Crippen LogP contribution >= 0.6 is 0 Å². The molecule has 1 aliphatic heterocycles. The summed E-state index contributed by atoms with van der Waals surface area (Å²) in [4.78, 5) is 37.5. The lowest BCUT2D eigenvalue weighted by Gasteiger charge is -2.13. The number of imide groups is 1. The lowest BCUT2D eigenvalue weighted by Crippen LogP contribution is -2.41. The van der Waals surface area contributed by atoms with Crippen molar-refractivity contribution < 1.29 is 14.4 Å². The van der Waals surface area contributed by atoms with E-state index in [4.69, 9.17) is 0 Å². The Kier molecular flexibility index (Phi) is 5.63. The van der Waals surface area contributed by atoms with Gasteiger partial charge in [0, 0.05) is 6.54 Å². The molecule has 0 radical (unpaired) electrons. The summed E-state index contributed by atoms with van der Waals surface area (Å²) in [5.74, 6) is -0.707. The van der Waals surface area contributed by atoms with Gasteiger partial charge in [-0.1, -0.05) is 60.7 Å². The Bertz CT molecular complexity index is 777. The second kappa shape index (κ2) is 8.29. The number of hydrogen-bond donors (Lipinski definition) is 2. The molecule has 1 fully saturated rings. The molecular formula is C20H21N3O3. The summed E-state index contributed by atoms with van der Waals surface area (Å²) in [6, 6.07) is 18.1. The van der Waals surface area contributed by atoms with E-state index in [0.717, 1.165) is 16.0 Å². The van der Waals surface area contributed by atoms with Crippen molar-refractivity contribution in [2.24, 2.45) is 0 Å². The Labute approximate surface area is 152 Å². The minimum Gasteiger partial charge on any atom is -0.350 e. The van der Waals surface area contributed by atoms with E-state index in [2.05, 4.69) is 10.6 Å². The second-order valence-corrected chi connectivity index (χ2v) is 6.21. The monoisotopic (exact) mass is 351 g/mol. The largest absolute Gasteiger partial charge is 0.350 e. The minimum absolute atomic E-state index is 0.265. The van der Waals surface area contributed by atoms with Crippen molar-refractivity contribution in [2.75, 3.05) is 6.54 Å². The summed E-state index contributed by atoms with van der Waals surface area (Å²) in [5.41, 5.74) is 2.06. The number of hydrogen-bond acceptors (Lipinski definition) is 3. The van der Waals surface area contributed by atoms with Crippen molar-refractivity contribution in [1.82, 2.24) is 15.5 Å². The van der Waals surface area contributed by atoms with Gasteiger partial charge in [0.25, 0.3) is 5.91 Å². The summed E-state index contributed by atoms with van der Waals surface area (Å²) in [7, 11) is 0. The van der Waals surface area contributed by atoms with Gasteiger partial charge in [-0.2, -0.15) is 0 Å². The maximum Gasteiger partial charge on any atom is 0.325 e. The van der Waals surface area contributed by atoms with Crippen molar-refractivity contribution in [3.8, 4) is 0 Å². The molecule has 4 amide bonds.